The quantitative estimate of drug-likeness (QED) is 0.165. The van der Waals surface area contributed by atoms with Crippen LogP contribution in [0.1, 0.15) is 21.7 Å². The van der Waals surface area contributed by atoms with E-state index >= 15 is 0 Å². The van der Waals surface area contributed by atoms with E-state index in [-0.39, 0.29) is 11.5 Å². The zero-order chi connectivity index (χ0) is 24.5. The third kappa shape index (κ3) is 4.52. The molecule has 0 saturated carbocycles. The van der Waals surface area contributed by atoms with Crippen molar-refractivity contribution in [1.29, 1.82) is 0 Å². The lowest BCUT2D eigenvalue weighted by molar-refractivity contribution is -0.119. The highest BCUT2D eigenvalue weighted by molar-refractivity contribution is 9.10. The van der Waals surface area contributed by atoms with Gasteiger partial charge in [0.1, 0.15) is 17.1 Å². The molecule has 0 saturated heterocycles. The van der Waals surface area contributed by atoms with Crippen molar-refractivity contribution in [3.05, 3.63) is 94.4 Å². The van der Waals surface area contributed by atoms with Crippen molar-refractivity contribution in [3.8, 4) is 22.6 Å². The largest absolute Gasteiger partial charge is 0.468 e. The summed E-state index contributed by atoms with van der Waals surface area (Å²) in [5, 5.41) is 0.829. The molecular formula is C28H22BrNO5. The summed E-state index contributed by atoms with van der Waals surface area (Å²) in [6.07, 6.45) is 4.39. The number of carbonyl (C=O) groups is 2. The van der Waals surface area contributed by atoms with E-state index in [0.717, 1.165) is 39.4 Å². The first-order chi connectivity index (χ1) is 16.9. The van der Waals surface area contributed by atoms with Crippen LogP contribution in [0.2, 0.25) is 0 Å². The van der Waals surface area contributed by atoms with E-state index in [4.69, 9.17) is 13.9 Å². The summed E-state index contributed by atoms with van der Waals surface area (Å²) in [6.45, 7) is 0. The van der Waals surface area contributed by atoms with Crippen molar-refractivity contribution in [3.63, 3.8) is 0 Å². The van der Waals surface area contributed by atoms with Crippen LogP contribution < -0.4 is 9.47 Å². The molecule has 3 aromatic carbocycles. The van der Waals surface area contributed by atoms with E-state index < -0.39 is 6.23 Å². The first kappa shape index (κ1) is 23.1. The molecule has 1 unspecified atom stereocenters. The predicted octanol–water partition coefficient (Wildman–Crippen LogP) is 6.01. The van der Waals surface area contributed by atoms with Gasteiger partial charge in [0, 0.05) is 27.1 Å². The number of rotatable bonds is 7. The van der Waals surface area contributed by atoms with Gasteiger partial charge in [-0.05, 0) is 80.2 Å². The van der Waals surface area contributed by atoms with Crippen LogP contribution in [0.4, 0.5) is 0 Å². The number of fused-ring (bicyclic) bond motifs is 2. The topological polar surface area (TPSA) is 69.0 Å². The molecule has 35 heavy (non-hydrogen) atoms. The number of ether oxygens (including phenoxy) is 2. The van der Waals surface area contributed by atoms with Gasteiger partial charge in [-0.25, -0.2) is 0 Å². The second-order valence-electron chi connectivity index (χ2n) is 8.42. The van der Waals surface area contributed by atoms with Crippen LogP contribution in [-0.2, 0) is 11.2 Å². The first-order valence-electron chi connectivity index (χ1n) is 11.0. The molecule has 1 aromatic heterocycles. The Balaban J connectivity index is 1.62. The molecule has 0 fully saturated rings. The Bertz CT molecular complexity index is 1440. The average molecular weight is 532 g/mol. The normalized spacial score (nSPS) is 13.4. The maximum atomic E-state index is 13.5. The predicted molar refractivity (Wildman–Crippen MR) is 137 cm³/mol. The molecule has 0 aliphatic carbocycles. The zero-order valence-electron chi connectivity index (χ0n) is 19.2. The molecule has 0 amide bonds. The average Bonchev–Trinajstić information content (AvgIpc) is 3.24. The van der Waals surface area contributed by atoms with Crippen LogP contribution >= 0.6 is 15.9 Å². The molecule has 2 heterocycles. The van der Waals surface area contributed by atoms with Gasteiger partial charge < -0.3 is 13.9 Å². The van der Waals surface area contributed by atoms with Gasteiger partial charge in [0.05, 0.1) is 6.26 Å². The Hall–Kier alpha value is -3.68. The molecule has 1 aliphatic heterocycles. The van der Waals surface area contributed by atoms with Gasteiger partial charge in [0.2, 0.25) is 12.0 Å². The molecule has 1 atom stereocenters. The summed E-state index contributed by atoms with van der Waals surface area (Å²) in [5.74, 6) is 1.30. The number of hydrogen-bond acceptors (Lipinski definition) is 6. The third-order valence-electron chi connectivity index (χ3n) is 5.84. The highest BCUT2D eigenvalue weighted by Gasteiger charge is 2.25. The molecule has 0 radical (unpaired) electrons. The number of ketones is 1. The van der Waals surface area contributed by atoms with Gasteiger partial charge in [-0.2, -0.15) is 0 Å². The molecular weight excluding hydrogens is 510 g/mol. The molecule has 5 rings (SSSR count). The number of nitrogens with zero attached hydrogens (tertiary/aromatic N) is 1. The first-order valence-corrected chi connectivity index (χ1v) is 11.8. The van der Waals surface area contributed by atoms with E-state index in [9.17, 15) is 9.59 Å². The minimum absolute atomic E-state index is 0.213. The second-order valence-corrected chi connectivity index (χ2v) is 9.34. The summed E-state index contributed by atoms with van der Waals surface area (Å²) in [5.41, 5.74) is 3.62. The smallest absolute Gasteiger partial charge is 0.228 e. The van der Waals surface area contributed by atoms with Crippen LogP contribution in [0.15, 0.2) is 81.9 Å². The summed E-state index contributed by atoms with van der Waals surface area (Å²) < 4.78 is 18.5. The van der Waals surface area contributed by atoms with Crippen LogP contribution in [0, 0.1) is 0 Å². The summed E-state index contributed by atoms with van der Waals surface area (Å²) in [6, 6.07) is 18.3. The molecule has 6 nitrogen and oxygen atoms in total. The minimum Gasteiger partial charge on any atom is -0.468 e. The summed E-state index contributed by atoms with van der Waals surface area (Å²) in [4.78, 5) is 26.5. The fourth-order valence-electron chi connectivity index (χ4n) is 4.01. The lowest BCUT2D eigenvalue weighted by Gasteiger charge is -2.20. The Morgan fingerprint density at radius 3 is 2.51 bits per heavy atom. The Morgan fingerprint density at radius 1 is 1.09 bits per heavy atom. The van der Waals surface area contributed by atoms with Gasteiger partial charge in [0.15, 0.2) is 12.0 Å². The molecule has 7 heteroatoms. The fraction of sp³-hybridized carbons (Fsp3) is 0.143. The van der Waals surface area contributed by atoms with Gasteiger partial charge in [-0.1, -0.05) is 28.1 Å². The number of furan rings is 1. The summed E-state index contributed by atoms with van der Waals surface area (Å²) >= 11 is 3.41. The third-order valence-corrected chi connectivity index (χ3v) is 6.37. The number of benzene rings is 3. The van der Waals surface area contributed by atoms with Crippen molar-refractivity contribution in [1.82, 2.24) is 4.90 Å². The Labute approximate surface area is 210 Å². The van der Waals surface area contributed by atoms with E-state index in [0.29, 0.717) is 22.5 Å². The number of carbonyl (C=O) groups excluding carboxylic acids is 2. The number of likely N-dealkylation sites (N-methyl/N-ethyl adjacent to an activating group) is 1. The van der Waals surface area contributed by atoms with Crippen molar-refractivity contribution in [2.24, 2.45) is 0 Å². The van der Waals surface area contributed by atoms with Crippen molar-refractivity contribution < 1.29 is 23.5 Å². The van der Waals surface area contributed by atoms with E-state index in [2.05, 4.69) is 15.9 Å². The van der Waals surface area contributed by atoms with Crippen LogP contribution in [0.3, 0.4) is 0 Å². The fourth-order valence-corrected chi connectivity index (χ4v) is 4.27. The molecule has 0 spiro atoms. The van der Waals surface area contributed by atoms with Gasteiger partial charge >= 0.3 is 0 Å². The molecule has 0 N–H and O–H groups in total. The maximum absolute atomic E-state index is 13.5. The standard InChI is InChI=1S/C28H22BrNO5/c1-30(2)25(16-31)34-21-11-7-17(8-12-21)26-22-14-19-4-3-13-33-23(19)15-24(22)35-28(26)27(32)18-5-9-20(29)10-6-18/h3,5-16,25H,4H2,1-2H3. The van der Waals surface area contributed by atoms with Gasteiger partial charge in [-0.15, -0.1) is 0 Å². The highest BCUT2D eigenvalue weighted by atomic mass is 79.9. The number of allylic oxidation sites excluding steroid dienone is 1. The van der Waals surface area contributed by atoms with Crippen molar-refractivity contribution in [2.45, 2.75) is 12.6 Å². The maximum Gasteiger partial charge on any atom is 0.228 e. The lowest BCUT2D eigenvalue weighted by atomic mass is 9.96. The number of aldehydes is 1. The molecule has 4 aromatic rings. The highest BCUT2D eigenvalue weighted by Crippen LogP contribution is 2.40. The molecule has 1 aliphatic rings. The molecule has 0 bridgehead atoms. The Kier molecular flexibility index (Phi) is 6.28. The Morgan fingerprint density at radius 2 is 1.83 bits per heavy atom. The van der Waals surface area contributed by atoms with Crippen molar-refractivity contribution in [2.75, 3.05) is 14.1 Å². The summed E-state index contributed by atoms with van der Waals surface area (Å²) in [7, 11) is 3.54. The van der Waals surface area contributed by atoms with Gasteiger partial charge in [0.25, 0.3) is 0 Å². The lowest BCUT2D eigenvalue weighted by Crippen LogP contribution is -2.34. The zero-order valence-corrected chi connectivity index (χ0v) is 20.7. The van der Waals surface area contributed by atoms with E-state index in [1.807, 2.05) is 42.5 Å². The number of halogens is 1. The van der Waals surface area contributed by atoms with E-state index in [1.165, 1.54) is 0 Å². The van der Waals surface area contributed by atoms with Crippen LogP contribution in [0.5, 0.6) is 11.5 Å². The van der Waals surface area contributed by atoms with Crippen LogP contribution in [-0.4, -0.2) is 37.3 Å². The molecule has 176 valence electrons. The second kappa shape index (κ2) is 9.52. The minimum atomic E-state index is -0.690. The SMILES string of the molecule is CN(C)C(C=O)Oc1ccc(-c2c(C(=O)c3ccc(Br)cc3)oc3cc4c(cc23)CC=CO4)cc1. The van der Waals surface area contributed by atoms with Crippen LogP contribution in [0.25, 0.3) is 22.1 Å². The number of hydrogen-bond donors (Lipinski definition) is 0. The monoisotopic (exact) mass is 531 g/mol. The van der Waals surface area contributed by atoms with Crippen molar-refractivity contribution >= 4 is 39.0 Å². The van der Waals surface area contributed by atoms with Gasteiger partial charge in [-0.3, -0.25) is 14.5 Å². The van der Waals surface area contributed by atoms with E-state index in [1.54, 1.807) is 49.5 Å².